The number of rotatable bonds is 5. The van der Waals surface area contributed by atoms with Crippen molar-refractivity contribution in [3.05, 3.63) is 70.8 Å². The number of carbonyl (C=O) groups is 2. The molecule has 0 saturated carbocycles. The van der Waals surface area contributed by atoms with Gasteiger partial charge in [0.1, 0.15) is 0 Å². The fourth-order valence-electron chi connectivity index (χ4n) is 2.10. The van der Waals surface area contributed by atoms with Gasteiger partial charge in [-0.25, -0.2) is 0 Å². The summed E-state index contributed by atoms with van der Waals surface area (Å²) in [6, 6.07) is 16.3. The molecule has 2 aromatic carbocycles. The number of amides is 2. The first-order valence-corrected chi connectivity index (χ1v) is 7.63. The van der Waals surface area contributed by atoms with E-state index >= 15 is 0 Å². The summed E-state index contributed by atoms with van der Waals surface area (Å²) in [4.78, 5) is 24.1. The van der Waals surface area contributed by atoms with E-state index in [-0.39, 0.29) is 24.4 Å². The Morgan fingerprint density at radius 1 is 0.880 bits per heavy atom. The molecule has 0 fully saturated rings. The lowest BCUT2D eigenvalue weighted by atomic mass is 10.1. The Hall–Kier alpha value is -3.64. The standard InChI is InChI=1S/C19H16N4O2/c1-13(23-19(25)17-8-4-15(11-21)5-9-17)12-22-18(24)16-6-2-14(10-20)3-7-16/h2-9,13H,12H2,1H3,(H,22,24)(H,23,25). The fraction of sp³-hybridized carbons (Fsp3) is 0.158. The predicted molar refractivity (Wildman–Crippen MR) is 91.6 cm³/mol. The summed E-state index contributed by atoms with van der Waals surface area (Å²) in [6.07, 6.45) is 0. The minimum atomic E-state index is -0.274. The maximum absolute atomic E-state index is 12.1. The summed E-state index contributed by atoms with van der Waals surface area (Å²) in [7, 11) is 0. The maximum atomic E-state index is 12.1. The van der Waals surface area contributed by atoms with Crippen LogP contribution in [0.1, 0.15) is 38.8 Å². The molecule has 0 aliphatic carbocycles. The van der Waals surface area contributed by atoms with E-state index in [4.69, 9.17) is 10.5 Å². The minimum absolute atomic E-state index is 0.265. The van der Waals surface area contributed by atoms with E-state index < -0.39 is 0 Å². The van der Waals surface area contributed by atoms with Gasteiger partial charge in [-0.15, -0.1) is 0 Å². The van der Waals surface area contributed by atoms with Crippen molar-refractivity contribution in [2.24, 2.45) is 0 Å². The van der Waals surface area contributed by atoms with E-state index in [9.17, 15) is 9.59 Å². The van der Waals surface area contributed by atoms with Crippen LogP contribution in [-0.2, 0) is 0 Å². The Labute approximate surface area is 145 Å². The molecule has 0 aliphatic heterocycles. The second-order valence-corrected chi connectivity index (χ2v) is 5.46. The van der Waals surface area contributed by atoms with Crippen molar-refractivity contribution in [2.75, 3.05) is 6.54 Å². The van der Waals surface area contributed by atoms with Crippen LogP contribution in [0.15, 0.2) is 48.5 Å². The van der Waals surface area contributed by atoms with Crippen molar-refractivity contribution in [3.8, 4) is 12.1 Å². The van der Waals surface area contributed by atoms with Crippen LogP contribution in [0.2, 0.25) is 0 Å². The highest BCUT2D eigenvalue weighted by Crippen LogP contribution is 2.04. The molecule has 2 aromatic rings. The third-order valence-electron chi connectivity index (χ3n) is 3.50. The number of hydrogen-bond acceptors (Lipinski definition) is 4. The summed E-state index contributed by atoms with van der Waals surface area (Å²) in [5.74, 6) is -0.548. The van der Waals surface area contributed by atoms with Crippen molar-refractivity contribution in [1.82, 2.24) is 10.6 Å². The van der Waals surface area contributed by atoms with Gasteiger partial charge < -0.3 is 10.6 Å². The first kappa shape index (κ1) is 17.7. The zero-order valence-corrected chi connectivity index (χ0v) is 13.6. The summed E-state index contributed by atoms with van der Waals surface area (Å²) < 4.78 is 0. The first-order valence-electron chi connectivity index (χ1n) is 7.63. The molecule has 0 heterocycles. The SMILES string of the molecule is CC(CNC(=O)c1ccc(C#N)cc1)NC(=O)c1ccc(C#N)cc1. The van der Waals surface area contributed by atoms with Gasteiger partial charge in [-0.05, 0) is 55.5 Å². The van der Waals surface area contributed by atoms with Crippen molar-refractivity contribution in [2.45, 2.75) is 13.0 Å². The minimum Gasteiger partial charge on any atom is -0.350 e. The predicted octanol–water partition coefficient (Wildman–Crippen LogP) is 1.98. The van der Waals surface area contributed by atoms with Crippen LogP contribution in [0, 0.1) is 22.7 Å². The van der Waals surface area contributed by atoms with E-state index in [1.807, 2.05) is 12.1 Å². The van der Waals surface area contributed by atoms with Gasteiger partial charge in [0.25, 0.3) is 11.8 Å². The quantitative estimate of drug-likeness (QED) is 0.873. The van der Waals surface area contributed by atoms with Gasteiger partial charge in [0.15, 0.2) is 0 Å². The third-order valence-corrected chi connectivity index (χ3v) is 3.50. The molecule has 0 radical (unpaired) electrons. The Morgan fingerprint density at radius 2 is 1.32 bits per heavy atom. The topological polar surface area (TPSA) is 106 Å². The molecule has 0 bridgehead atoms. The van der Waals surface area contributed by atoms with Crippen LogP contribution in [-0.4, -0.2) is 24.4 Å². The molecule has 0 aromatic heterocycles. The molecular formula is C19H16N4O2. The number of carbonyl (C=O) groups excluding carboxylic acids is 2. The summed E-state index contributed by atoms with van der Waals surface area (Å²) in [5.41, 5.74) is 1.87. The average molecular weight is 332 g/mol. The number of hydrogen-bond donors (Lipinski definition) is 2. The van der Waals surface area contributed by atoms with Crippen LogP contribution in [0.3, 0.4) is 0 Å². The number of nitriles is 2. The molecule has 6 nitrogen and oxygen atoms in total. The number of nitrogens with one attached hydrogen (secondary N) is 2. The second kappa shape index (κ2) is 8.28. The molecule has 1 unspecified atom stereocenters. The van der Waals surface area contributed by atoms with Crippen molar-refractivity contribution < 1.29 is 9.59 Å². The lowest BCUT2D eigenvalue weighted by Gasteiger charge is -2.15. The van der Waals surface area contributed by atoms with E-state index in [1.165, 1.54) is 0 Å². The molecule has 6 heteroatoms. The Balaban J connectivity index is 1.85. The Morgan fingerprint density at radius 3 is 1.76 bits per heavy atom. The van der Waals surface area contributed by atoms with Gasteiger partial charge in [-0.1, -0.05) is 0 Å². The summed E-state index contributed by atoms with van der Waals surface area (Å²) >= 11 is 0. The lowest BCUT2D eigenvalue weighted by molar-refractivity contribution is 0.0912. The Bertz CT molecular complexity index is 843. The molecule has 2 rings (SSSR count). The van der Waals surface area contributed by atoms with E-state index in [2.05, 4.69) is 10.6 Å². The van der Waals surface area contributed by atoms with Gasteiger partial charge in [-0.2, -0.15) is 10.5 Å². The zero-order chi connectivity index (χ0) is 18.2. The van der Waals surface area contributed by atoms with E-state index in [0.717, 1.165) is 0 Å². The highest BCUT2D eigenvalue weighted by molar-refractivity contribution is 5.95. The smallest absolute Gasteiger partial charge is 0.251 e. The highest BCUT2D eigenvalue weighted by Gasteiger charge is 2.12. The number of benzene rings is 2. The first-order chi connectivity index (χ1) is 12.0. The van der Waals surface area contributed by atoms with Crippen LogP contribution in [0.4, 0.5) is 0 Å². The van der Waals surface area contributed by atoms with E-state index in [0.29, 0.717) is 22.3 Å². The van der Waals surface area contributed by atoms with Crippen molar-refractivity contribution in [3.63, 3.8) is 0 Å². The third kappa shape index (κ3) is 4.92. The molecule has 25 heavy (non-hydrogen) atoms. The summed E-state index contributed by atoms with van der Waals surface area (Å²) in [6.45, 7) is 2.04. The normalized spacial score (nSPS) is 10.8. The fourth-order valence-corrected chi connectivity index (χ4v) is 2.10. The monoisotopic (exact) mass is 332 g/mol. The molecular weight excluding hydrogens is 316 g/mol. The maximum Gasteiger partial charge on any atom is 0.251 e. The summed E-state index contributed by atoms with van der Waals surface area (Å²) in [5, 5.41) is 23.0. The van der Waals surface area contributed by atoms with Gasteiger partial charge in [0.2, 0.25) is 0 Å². The van der Waals surface area contributed by atoms with Crippen LogP contribution >= 0.6 is 0 Å². The van der Waals surface area contributed by atoms with Crippen LogP contribution in [0.5, 0.6) is 0 Å². The molecule has 2 amide bonds. The van der Waals surface area contributed by atoms with Gasteiger partial charge >= 0.3 is 0 Å². The largest absolute Gasteiger partial charge is 0.350 e. The van der Waals surface area contributed by atoms with E-state index in [1.54, 1.807) is 55.5 Å². The second-order valence-electron chi connectivity index (χ2n) is 5.46. The molecule has 0 aliphatic rings. The van der Waals surface area contributed by atoms with Gasteiger partial charge in [-0.3, -0.25) is 9.59 Å². The van der Waals surface area contributed by atoms with Crippen LogP contribution in [0.25, 0.3) is 0 Å². The van der Waals surface area contributed by atoms with Gasteiger partial charge in [0.05, 0.1) is 23.3 Å². The molecule has 0 spiro atoms. The Kier molecular flexibility index (Phi) is 5.86. The lowest BCUT2D eigenvalue weighted by Crippen LogP contribution is -2.41. The van der Waals surface area contributed by atoms with Crippen LogP contribution < -0.4 is 10.6 Å². The molecule has 0 saturated heterocycles. The highest BCUT2D eigenvalue weighted by atomic mass is 16.2. The zero-order valence-electron chi connectivity index (χ0n) is 13.6. The molecule has 2 N–H and O–H groups in total. The number of nitrogens with zero attached hydrogens (tertiary/aromatic N) is 2. The average Bonchev–Trinajstić information content (AvgIpc) is 2.66. The molecule has 1 atom stereocenters. The van der Waals surface area contributed by atoms with Crippen molar-refractivity contribution in [1.29, 1.82) is 10.5 Å². The van der Waals surface area contributed by atoms with Gasteiger partial charge in [0, 0.05) is 23.7 Å². The van der Waals surface area contributed by atoms with Crippen molar-refractivity contribution >= 4 is 11.8 Å². The molecule has 124 valence electrons.